The van der Waals surface area contributed by atoms with Crippen LogP contribution in [-0.2, 0) is 16.6 Å². The number of carbonyl (C=O) groups excluding carboxylic acids is 1. The minimum Gasteiger partial charge on any atom is -0.310 e. The molecule has 1 aliphatic heterocycles. The van der Waals surface area contributed by atoms with Crippen LogP contribution in [0.2, 0.25) is 0 Å². The van der Waals surface area contributed by atoms with Crippen LogP contribution in [0.4, 0.5) is 11.4 Å². The summed E-state index contributed by atoms with van der Waals surface area (Å²) in [6, 6.07) is 12.3. The maximum atomic E-state index is 13.0. The largest absolute Gasteiger partial charge is 0.310 e. The molecule has 0 spiro atoms. The van der Waals surface area contributed by atoms with Crippen molar-refractivity contribution in [3.63, 3.8) is 0 Å². The molecule has 0 unspecified atom stereocenters. The Hall–Kier alpha value is -2.21. The number of anilines is 1. The summed E-state index contributed by atoms with van der Waals surface area (Å²) >= 11 is 3.55. The van der Waals surface area contributed by atoms with E-state index in [2.05, 4.69) is 15.9 Å². The first kappa shape index (κ1) is 16.6. The number of rotatable bonds is 4. The second-order valence-corrected chi connectivity index (χ2v) is 6.97. The Kier molecular flexibility index (Phi) is 4.17. The van der Waals surface area contributed by atoms with E-state index in [1.54, 1.807) is 17.0 Å². The van der Waals surface area contributed by atoms with Crippen molar-refractivity contribution < 1.29 is 9.72 Å². The van der Waals surface area contributed by atoms with Gasteiger partial charge in [-0.3, -0.25) is 14.9 Å². The van der Waals surface area contributed by atoms with Crippen LogP contribution in [-0.4, -0.2) is 17.4 Å². The van der Waals surface area contributed by atoms with E-state index in [-0.39, 0.29) is 11.6 Å². The number of nitro groups is 1. The van der Waals surface area contributed by atoms with E-state index < -0.39 is 10.3 Å². The second kappa shape index (κ2) is 6.02. The van der Waals surface area contributed by atoms with Crippen LogP contribution in [0.15, 0.2) is 46.9 Å². The summed E-state index contributed by atoms with van der Waals surface area (Å²) in [7, 11) is 0. The van der Waals surface area contributed by atoms with E-state index in [9.17, 15) is 14.9 Å². The molecule has 5 nitrogen and oxygen atoms in total. The molecule has 24 heavy (non-hydrogen) atoms. The molecule has 1 aliphatic rings. The van der Waals surface area contributed by atoms with Gasteiger partial charge in [0.25, 0.3) is 5.69 Å². The van der Waals surface area contributed by atoms with Gasteiger partial charge in [0.15, 0.2) is 0 Å². The van der Waals surface area contributed by atoms with Gasteiger partial charge >= 0.3 is 0 Å². The number of hydrogen-bond acceptors (Lipinski definition) is 3. The number of benzene rings is 2. The zero-order valence-electron chi connectivity index (χ0n) is 13.5. The van der Waals surface area contributed by atoms with Gasteiger partial charge in [-0.05, 0) is 53.4 Å². The number of carbonyl (C=O) groups is 1. The quantitative estimate of drug-likeness (QED) is 0.581. The van der Waals surface area contributed by atoms with Gasteiger partial charge < -0.3 is 4.90 Å². The van der Waals surface area contributed by atoms with Crippen molar-refractivity contribution in [2.75, 3.05) is 11.4 Å². The van der Waals surface area contributed by atoms with Gasteiger partial charge in [0.1, 0.15) is 0 Å². The first-order chi connectivity index (χ1) is 11.4. The highest BCUT2D eigenvalue weighted by atomic mass is 79.9. The molecule has 1 atom stereocenters. The number of para-hydroxylation sites is 1. The summed E-state index contributed by atoms with van der Waals surface area (Å²) in [5.41, 5.74) is 2.20. The topological polar surface area (TPSA) is 63.5 Å². The van der Waals surface area contributed by atoms with Gasteiger partial charge in [-0.25, -0.2) is 0 Å². The third-order valence-corrected chi connectivity index (χ3v) is 5.23. The molecule has 1 heterocycles. The molecule has 2 aromatic carbocycles. The van der Waals surface area contributed by atoms with E-state index in [4.69, 9.17) is 0 Å². The highest BCUT2D eigenvalue weighted by molar-refractivity contribution is 9.10. The van der Waals surface area contributed by atoms with E-state index in [0.717, 1.165) is 21.3 Å². The third-order valence-electron chi connectivity index (χ3n) is 4.59. The standard InChI is InChI=1S/C18H17BrN2O3/c1-3-20-16-14(5-4-6-15(16)19)18(2,17(20)22)11-12-7-9-13(10-8-12)21(23)24/h4-10H,3,11H2,1-2H3/t18-/m0/s1. The number of nitro benzene ring substituents is 1. The summed E-state index contributed by atoms with van der Waals surface area (Å²) in [5.74, 6) is 0.0604. The van der Waals surface area contributed by atoms with Crippen molar-refractivity contribution >= 4 is 33.2 Å². The van der Waals surface area contributed by atoms with E-state index in [1.165, 1.54) is 12.1 Å². The highest BCUT2D eigenvalue weighted by Gasteiger charge is 2.47. The normalized spacial score (nSPS) is 19.5. The van der Waals surface area contributed by atoms with Crippen LogP contribution in [0.3, 0.4) is 0 Å². The Bertz CT molecular complexity index is 820. The highest BCUT2D eigenvalue weighted by Crippen LogP contribution is 2.47. The summed E-state index contributed by atoms with van der Waals surface area (Å²) in [4.78, 5) is 25.2. The maximum Gasteiger partial charge on any atom is 0.269 e. The lowest BCUT2D eigenvalue weighted by atomic mass is 9.78. The first-order valence-electron chi connectivity index (χ1n) is 7.72. The van der Waals surface area contributed by atoms with Crippen molar-refractivity contribution in [1.29, 1.82) is 0 Å². The second-order valence-electron chi connectivity index (χ2n) is 6.12. The lowest BCUT2D eigenvalue weighted by molar-refractivity contribution is -0.384. The number of halogens is 1. The molecule has 0 N–H and O–H groups in total. The minimum absolute atomic E-state index is 0.0555. The van der Waals surface area contributed by atoms with Crippen molar-refractivity contribution in [3.05, 3.63) is 68.2 Å². The Balaban J connectivity index is 2.02. The number of likely N-dealkylation sites (N-methyl/N-ethyl adjacent to an activating group) is 1. The summed E-state index contributed by atoms with van der Waals surface area (Å²) in [6.45, 7) is 4.50. The molecule has 0 radical (unpaired) electrons. The first-order valence-corrected chi connectivity index (χ1v) is 8.52. The molecule has 0 aromatic heterocycles. The van der Waals surface area contributed by atoms with E-state index in [0.29, 0.717) is 13.0 Å². The Labute approximate surface area is 148 Å². The van der Waals surface area contributed by atoms with Gasteiger partial charge in [-0.2, -0.15) is 0 Å². The van der Waals surface area contributed by atoms with Gasteiger partial charge in [0.2, 0.25) is 5.91 Å². The van der Waals surface area contributed by atoms with Crippen LogP contribution >= 0.6 is 15.9 Å². The third kappa shape index (κ3) is 2.51. The van der Waals surface area contributed by atoms with Crippen LogP contribution in [0, 0.1) is 10.1 Å². The number of nitrogens with zero attached hydrogens (tertiary/aromatic N) is 2. The average Bonchev–Trinajstić information content (AvgIpc) is 2.77. The number of amides is 1. The smallest absolute Gasteiger partial charge is 0.269 e. The molecular weight excluding hydrogens is 372 g/mol. The van der Waals surface area contributed by atoms with E-state index >= 15 is 0 Å². The number of hydrogen-bond donors (Lipinski definition) is 0. The van der Waals surface area contributed by atoms with Crippen LogP contribution in [0.5, 0.6) is 0 Å². The average molecular weight is 389 g/mol. The lowest BCUT2D eigenvalue weighted by Gasteiger charge is -2.24. The lowest BCUT2D eigenvalue weighted by Crippen LogP contribution is -2.39. The maximum absolute atomic E-state index is 13.0. The molecule has 124 valence electrons. The minimum atomic E-state index is -0.675. The number of fused-ring (bicyclic) bond motifs is 1. The SMILES string of the molecule is CCN1C(=O)[C@@](C)(Cc2ccc([N+](=O)[O-])cc2)c2cccc(Br)c21. The summed E-state index contributed by atoms with van der Waals surface area (Å²) in [5, 5.41) is 10.8. The summed E-state index contributed by atoms with van der Waals surface area (Å²) < 4.78 is 0.905. The van der Waals surface area contributed by atoms with Crippen LogP contribution < -0.4 is 4.90 Å². The van der Waals surface area contributed by atoms with Crippen molar-refractivity contribution in [1.82, 2.24) is 0 Å². The molecule has 0 saturated carbocycles. The van der Waals surface area contributed by atoms with E-state index in [1.807, 2.05) is 32.0 Å². The van der Waals surface area contributed by atoms with Crippen LogP contribution in [0.25, 0.3) is 0 Å². The van der Waals surface area contributed by atoms with Gasteiger partial charge in [0, 0.05) is 23.2 Å². The van der Waals surface area contributed by atoms with Gasteiger partial charge in [-0.15, -0.1) is 0 Å². The molecule has 0 saturated heterocycles. The fraction of sp³-hybridized carbons (Fsp3) is 0.278. The zero-order valence-corrected chi connectivity index (χ0v) is 15.0. The Morgan fingerprint density at radius 2 is 1.88 bits per heavy atom. The predicted molar refractivity (Wildman–Crippen MR) is 96.3 cm³/mol. The van der Waals surface area contributed by atoms with Crippen LogP contribution in [0.1, 0.15) is 25.0 Å². The summed E-state index contributed by atoms with van der Waals surface area (Å²) in [6.07, 6.45) is 0.504. The van der Waals surface area contributed by atoms with Gasteiger partial charge in [-0.1, -0.05) is 24.3 Å². The monoisotopic (exact) mass is 388 g/mol. The fourth-order valence-electron chi connectivity index (χ4n) is 3.37. The molecule has 0 fully saturated rings. The van der Waals surface area contributed by atoms with Crippen molar-refractivity contribution in [2.24, 2.45) is 0 Å². The molecule has 1 amide bonds. The number of non-ortho nitro benzene ring substituents is 1. The molecule has 2 aromatic rings. The zero-order chi connectivity index (χ0) is 17.5. The predicted octanol–water partition coefficient (Wildman–Crippen LogP) is 4.22. The molecule has 0 aliphatic carbocycles. The molecule has 6 heteroatoms. The Morgan fingerprint density at radius 1 is 1.21 bits per heavy atom. The molecular formula is C18H17BrN2O3. The fourth-order valence-corrected chi connectivity index (χ4v) is 3.95. The van der Waals surface area contributed by atoms with Crippen molar-refractivity contribution in [2.45, 2.75) is 25.7 Å². The van der Waals surface area contributed by atoms with Crippen molar-refractivity contribution in [3.8, 4) is 0 Å². The molecule has 0 bridgehead atoms. The molecule has 3 rings (SSSR count). The Morgan fingerprint density at radius 3 is 2.46 bits per heavy atom. The van der Waals surface area contributed by atoms with Gasteiger partial charge in [0.05, 0.1) is 16.0 Å².